The summed E-state index contributed by atoms with van der Waals surface area (Å²) in [6, 6.07) is 16.4. The summed E-state index contributed by atoms with van der Waals surface area (Å²) in [6.07, 6.45) is 0. The van der Waals surface area contributed by atoms with Crippen LogP contribution in [0.4, 0.5) is 10.1 Å². The molecule has 0 aliphatic carbocycles. The lowest BCUT2D eigenvalue weighted by Gasteiger charge is -2.32. The van der Waals surface area contributed by atoms with Gasteiger partial charge in [0.2, 0.25) is 11.8 Å². The molecule has 0 bridgehead atoms. The average Bonchev–Trinajstić information content (AvgIpc) is 2.86. The number of nitrogens with one attached hydrogen (secondary N) is 1. The standard InChI is InChI=1S/C28H32FN3O4S/c1-19-6-13-25(14-7-19)37(35,36)32(26-15-8-20(2)16-21(26)3)18-27(33)31(22(4)28(34)30-5)17-23-9-11-24(29)12-10-23/h6-16,22H,17-18H2,1-5H3,(H,30,34)/t22-/m0/s1. The molecule has 3 rings (SSSR count). The van der Waals surface area contributed by atoms with Crippen molar-refractivity contribution in [3.63, 3.8) is 0 Å². The number of hydrogen-bond donors (Lipinski definition) is 1. The van der Waals surface area contributed by atoms with E-state index in [-0.39, 0.29) is 11.4 Å². The Bertz CT molecular complexity index is 1370. The van der Waals surface area contributed by atoms with Gasteiger partial charge in [0.25, 0.3) is 10.0 Å². The molecule has 3 aromatic carbocycles. The lowest BCUT2D eigenvalue weighted by molar-refractivity contribution is -0.139. The van der Waals surface area contributed by atoms with Crippen molar-refractivity contribution in [3.05, 3.63) is 94.8 Å². The Labute approximate surface area is 218 Å². The third-order valence-electron chi connectivity index (χ3n) is 6.19. The van der Waals surface area contributed by atoms with E-state index < -0.39 is 40.2 Å². The molecule has 0 aliphatic rings. The molecule has 3 aromatic rings. The number of hydrogen-bond acceptors (Lipinski definition) is 4. The highest BCUT2D eigenvalue weighted by molar-refractivity contribution is 7.92. The zero-order chi connectivity index (χ0) is 27.3. The predicted molar refractivity (Wildman–Crippen MR) is 142 cm³/mol. The van der Waals surface area contributed by atoms with Gasteiger partial charge in [-0.15, -0.1) is 0 Å². The molecule has 0 saturated carbocycles. The molecule has 0 unspecified atom stereocenters. The fraction of sp³-hybridized carbons (Fsp3) is 0.286. The molecule has 1 atom stereocenters. The Balaban J connectivity index is 2.06. The van der Waals surface area contributed by atoms with Crippen LogP contribution < -0.4 is 9.62 Å². The van der Waals surface area contributed by atoms with Gasteiger partial charge in [0, 0.05) is 13.6 Å². The second-order valence-corrected chi connectivity index (χ2v) is 10.9. The van der Waals surface area contributed by atoms with Crippen molar-refractivity contribution >= 4 is 27.5 Å². The summed E-state index contributed by atoms with van der Waals surface area (Å²) in [7, 11) is -2.67. The first-order valence-electron chi connectivity index (χ1n) is 11.9. The third kappa shape index (κ3) is 6.54. The van der Waals surface area contributed by atoms with Gasteiger partial charge < -0.3 is 10.2 Å². The van der Waals surface area contributed by atoms with Crippen molar-refractivity contribution in [2.24, 2.45) is 0 Å². The van der Waals surface area contributed by atoms with Crippen molar-refractivity contribution in [2.75, 3.05) is 17.9 Å². The van der Waals surface area contributed by atoms with Crippen LogP contribution in [0, 0.1) is 26.6 Å². The van der Waals surface area contributed by atoms with E-state index in [9.17, 15) is 22.4 Å². The normalized spacial score (nSPS) is 12.1. The number of amides is 2. The predicted octanol–water partition coefficient (Wildman–Crippen LogP) is 4.11. The number of benzene rings is 3. The van der Waals surface area contributed by atoms with E-state index in [2.05, 4.69) is 5.32 Å². The first-order valence-corrected chi connectivity index (χ1v) is 13.3. The lowest BCUT2D eigenvalue weighted by atomic mass is 10.1. The van der Waals surface area contributed by atoms with E-state index in [0.717, 1.165) is 15.4 Å². The summed E-state index contributed by atoms with van der Waals surface area (Å²) < 4.78 is 42.2. The van der Waals surface area contributed by atoms with E-state index >= 15 is 0 Å². The summed E-state index contributed by atoms with van der Waals surface area (Å²) in [5.41, 5.74) is 3.51. The van der Waals surface area contributed by atoms with Crippen LogP contribution >= 0.6 is 0 Å². The number of aryl methyl sites for hydroxylation is 3. The van der Waals surface area contributed by atoms with E-state index in [1.807, 2.05) is 19.9 Å². The van der Waals surface area contributed by atoms with Gasteiger partial charge in [0.15, 0.2) is 0 Å². The Morgan fingerprint density at radius 1 is 0.919 bits per heavy atom. The van der Waals surface area contributed by atoms with E-state index in [1.165, 1.54) is 48.3 Å². The highest BCUT2D eigenvalue weighted by Crippen LogP contribution is 2.28. The summed E-state index contributed by atoms with van der Waals surface area (Å²) in [4.78, 5) is 27.6. The molecule has 0 fully saturated rings. The molecule has 0 aromatic heterocycles. The SMILES string of the molecule is CNC(=O)[C@H](C)N(Cc1ccc(F)cc1)C(=O)CN(c1ccc(C)cc1C)S(=O)(=O)c1ccc(C)cc1. The quantitative estimate of drug-likeness (QED) is 0.456. The van der Waals surface area contributed by atoms with Crippen LogP contribution in [0.15, 0.2) is 71.6 Å². The molecule has 0 heterocycles. The van der Waals surface area contributed by atoms with Crippen molar-refractivity contribution in [2.45, 2.75) is 45.2 Å². The van der Waals surface area contributed by atoms with Crippen LogP contribution in [0.1, 0.15) is 29.2 Å². The molecule has 9 heteroatoms. The minimum absolute atomic E-state index is 0.000993. The first kappa shape index (κ1) is 27.9. The molecule has 37 heavy (non-hydrogen) atoms. The Hall–Kier alpha value is -3.72. The van der Waals surface area contributed by atoms with Crippen LogP contribution in [-0.2, 0) is 26.2 Å². The highest BCUT2D eigenvalue weighted by atomic mass is 32.2. The van der Waals surface area contributed by atoms with Crippen molar-refractivity contribution < 1.29 is 22.4 Å². The number of nitrogens with zero attached hydrogens (tertiary/aromatic N) is 2. The average molecular weight is 526 g/mol. The minimum atomic E-state index is -4.13. The van der Waals surface area contributed by atoms with Crippen molar-refractivity contribution in [1.82, 2.24) is 10.2 Å². The van der Waals surface area contributed by atoms with E-state index in [1.54, 1.807) is 38.1 Å². The van der Waals surface area contributed by atoms with E-state index in [4.69, 9.17) is 0 Å². The van der Waals surface area contributed by atoms with Gasteiger partial charge in [-0.3, -0.25) is 13.9 Å². The molecule has 0 saturated heterocycles. The van der Waals surface area contributed by atoms with Gasteiger partial charge in [-0.1, -0.05) is 47.5 Å². The third-order valence-corrected chi connectivity index (χ3v) is 7.96. The number of anilines is 1. The van der Waals surface area contributed by atoms with Crippen LogP contribution in [0.3, 0.4) is 0 Å². The van der Waals surface area contributed by atoms with Gasteiger partial charge in [-0.2, -0.15) is 0 Å². The van der Waals surface area contributed by atoms with Crippen molar-refractivity contribution in [3.8, 4) is 0 Å². The monoisotopic (exact) mass is 525 g/mol. The van der Waals surface area contributed by atoms with Gasteiger partial charge in [0.05, 0.1) is 10.6 Å². The zero-order valence-corrected chi connectivity index (χ0v) is 22.5. The Kier molecular flexibility index (Phi) is 8.70. The first-order chi connectivity index (χ1) is 17.4. The summed E-state index contributed by atoms with van der Waals surface area (Å²) in [5, 5.41) is 2.53. The van der Waals surface area contributed by atoms with E-state index in [0.29, 0.717) is 16.8 Å². The Morgan fingerprint density at radius 3 is 2.08 bits per heavy atom. The second kappa shape index (κ2) is 11.6. The van der Waals surface area contributed by atoms with Gasteiger partial charge in [0.1, 0.15) is 18.4 Å². The van der Waals surface area contributed by atoms with Gasteiger partial charge in [-0.25, -0.2) is 12.8 Å². The molecular formula is C28H32FN3O4S. The lowest BCUT2D eigenvalue weighted by Crippen LogP contribution is -2.50. The van der Waals surface area contributed by atoms with Crippen LogP contribution in [0.5, 0.6) is 0 Å². The summed E-state index contributed by atoms with van der Waals surface area (Å²) >= 11 is 0. The molecule has 0 radical (unpaired) electrons. The smallest absolute Gasteiger partial charge is 0.264 e. The maximum Gasteiger partial charge on any atom is 0.264 e. The van der Waals surface area contributed by atoms with Crippen LogP contribution in [-0.4, -0.2) is 44.8 Å². The molecule has 1 N–H and O–H groups in total. The number of likely N-dealkylation sites (N-methyl/N-ethyl adjacent to an activating group) is 1. The largest absolute Gasteiger partial charge is 0.357 e. The molecule has 0 spiro atoms. The summed E-state index contributed by atoms with van der Waals surface area (Å²) in [6.45, 7) is 6.58. The number of carbonyl (C=O) groups is 2. The maximum absolute atomic E-state index is 13.8. The summed E-state index contributed by atoms with van der Waals surface area (Å²) in [5.74, 6) is -1.41. The second-order valence-electron chi connectivity index (χ2n) is 9.05. The maximum atomic E-state index is 13.8. The fourth-order valence-electron chi connectivity index (χ4n) is 4.01. The Morgan fingerprint density at radius 2 is 1.51 bits per heavy atom. The van der Waals surface area contributed by atoms with Crippen LogP contribution in [0.25, 0.3) is 0 Å². The number of carbonyl (C=O) groups excluding carboxylic acids is 2. The topological polar surface area (TPSA) is 86.8 Å². The van der Waals surface area contributed by atoms with Crippen molar-refractivity contribution in [1.29, 1.82) is 0 Å². The highest BCUT2D eigenvalue weighted by Gasteiger charge is 2.32. The van der Waals surface area contributed by atoms with Gasteiger partial charge in [-0.05, 0) is 69.2 Å². The molecule has 7 nitrogen and oxygen atoms in total. The minimum Gasteiger partial charge on any atom is -0.357 e. The molecule has 0 aliphatic heterocycles. The molecule has 2 amide bonds. The van der Waals surface area contributed by atoms with Crippen LogP contribution in [0.2, 0.25) is 0 Å². The molecule has 196 valence electrons. The number of rotatable bonds is 9. The molecular weight excluding hydrogens is 493 g/mol. The zero-order valence-electron chi connectivity index (χ0n) is 21.7. The number of sulfonamides is 1. The number of halogens is 1. The van der Waals surface area contributed by atoms with Gasteiger partial charge >= 0.3 is 0 Å². The fourth-order valence-corrected chi connectivity index (χ4v) is 5.49.